The predicted octanol–water partition coefficient (Wildman–Crippen LogP) is 8.22. The molecule has 9 rings (SSSR count). The molecule has 12 N–H and O–H groups in total. The van der Waals surface area contributed by atoms with Gasteiger partial charge in [0.15, 0.2) is 26.4 Å². The molecule has 0 spiro atoms. The zero-order chi connectivity index (χ0) is 57.1. The van der Waals surface area contributed by atoms with Gasteiger partial charge in [-0.25, -0.2) is 19.2 Å². The summed E-state index contributed by atoms with van der Waals surface area (Å²) < 4.78 is 22.3. The van der Waals surface area contributed by atoms with Crippen LogP contribution in [-0.2, 0) is 19.2 Å². The van der Waals surface area contributed by atoms with Gasteiger partial charge in [-0.1, -0.05) is 48.5 Å². The average molecular weight is 1090 g/mol. The van der Waals surface area contributed by atoms with E-state index in [1.807, 2.05) is 0 Å². The molecule has 0 radical (unpaired) electrons. The van der Waals surface area contributed by atoms with Crippen LogP contribution >= 0.6 is 0 Å². The van der Waals surface area contributed by atoms with Crippen molar-refractivity contribution < 1.29 is 99.4 Å². The molecule has 0 heterocycles. The minimum Gasteiger partial charge on any atom is -0.507 e. The Bertz CT molecular complexity index is 3150. The van der Waals surface area contributed by atoms with Gasteiger partial charge in [0, 0.05) is 92.4 Å². The fourth-order valence-corrected chi connectivity index (χ4v) is 10.1. The minimum atomic E-state index is -1.38. The lowest BCUT2D eigenvalue weighted by molar-refractivity contribution is -0.140. The molecule has 0 atom stereocenters. The Balaban J connectivity index is 1.45. The van der Waals surface area contributed by atoms with E-state index in [1.54, 1.807) is 24.3 Å². The molecule has 20 nitrogen and oxygen atoms in total. The Morgan fingerprint density at radius 2 is 0.450 bits per heavy atom. The van der Waals surface area contributed by atoms with Gasteiger partial charge in [-0.05, 0) is 95.1 Å². The topological polar surface area (TPSA) is 348 Å². The maximum atomic E-state index is 12.2. The highest BCUT2D eigenvalue weighted by Gasteiger charge is 2.36. The van der Waals surface area contributed by atoms with Crippen molar-refractivity contribution >= 4 is 23.9 Å². The molecule has 0 saturated heterocycles. The zero-order valence-electron chi connectivity index (χ0n) is 41.6. The standard InChI is InChI=1S/C60H48O20/c61-45-21-47(63)39-17-37(45)57(29-5-1-9-33(13-29)77-25-53(69)70)38-18-40(48(64)22-46(38)62)59(31-7-3-11-35(15-31)79-27-55(73)74)42-20-44(52(68)24-50(42)66)60(32-8-4-12-36(16-32)80-28-56(75)76)43-19-41(49(65)23-51(43)67)58(39)30-6-2-10-34(14-30)78-26-54(71)72/h1-24,57-68H,25-28H2,(H,69,70)(H,71,72)(H,73,74)(H,75,76). The highest BCUT2D eigenvalue weighted by molar-refractivity contribution is 5.71. The van der Waals surface area contributed by atoms with E-state index in [-0.39, 0.29) is 89.8 Å². The third kappa shape index (κ3) is 11.3. The summed E-state index contributed by atoms with van der Waals surface area (Å²) in [4.78, 5) is 46.8. The molecule has 408 valence electrons. The molecule has 0 aliphatic heterocycles. The summed E-state index contributed by atoms with van der Waals surface area (Å²) in [7, 11) is 0. The molecular weight excluding hydrogens is 1040 g/mol. The Kier molecular flexibility index (Phi) is 15.2. The number of benzene rings is 8. The van der Waals surface area contributed by atoms with Crippen LogP contribution in [-0.4, -0.2) is 112 Å². The third-order valence-electron chi connectivity index (χ3n) is 13.4. The first-order chi connectivity index (χ1) is 38.2. The van der Waals surface area contributed by atoms with Crippen LogP contribution in [0, 0.1) is 0 Å². The van der Waals surface area contributed by atoms with Crippen LogP contribution in [0.5, 0.6) is 69.0 Å². The number of phenolic OH excluding ortho intramolecular Hbond substituents is 8. The Hall–Kier alpha value is -10.8. The largest absolute Gasteiger partial charge is 0.507 e. The van der Waals surface area contributed by atoms with Crippen molar-refractivity contribution in [3.63, 3.8) is 0 Å². The summed E-state index contributed by atoms with van der Waals surface area (Å²) >= 11 is 0. The molecule has 0 amide bonds. The zero-order valence-corrected chi connectivity index (χ0v) is 41.6. The number of carbonyl (C=O) groups is 4. The molecule has 0 unspecified atom stereocenters. The van der Waals surface area contributed by atoms with Crippen LogP contribution in [0.4, 0.5) is 0 Å². The number of ether oxygens (including phenoxy) is 4. The van der Waals surface area contributed by atoms with Crippen molar-refractivity contribution in [2.75, 3.05) is 26.4 Å². The van der Waals surface area contributed by atoms with Gasteiger partial charge in [0.25, 0.3) is 0 Å². The van der Waals surface area contributed by atoms with Crippen LogP contribution in [0.2, 0.25) is 0 Å². The van der Waals surface area contributed by atoms with Crippen LogP contribution in [0.1, 0.15) is 90.4 Å². The molecule has 0 fully saturated rings. The third-order valence-corrected chi connectivity index (χ3v) is 13.4. The fraction of sp³-hybridized carbons (Fsp3) is 0.133. The lowest BCUT2D eigenvalue weighted by Crippen LogP contribution is -2.14. The van der Waals surface area contributed by atoms with E-state index in [2.05, 4.69) is 0 Å². The van der Waals surface area contributed by atoms with Crippen LogP contribution in [0.3, 0.4) is 0 Å². The molecule has 1 aliphatic carbocycles. The normalized spacial score (nSPS) is 15.5. The second-order valence-corrected chi connectivity index (χ2v) is 18.6. The van der Waals surface area contributed by atoms with Gasteiger partial charge in [0.2, 0.25) is 0 Å². The predicted molar refractivity (Wildman–Crippen MR) is 281 cm³/mol. The van der Waals surface area contributed by atoms with Gasteiger partial charge in [-0.2, -0.15) is 0 Å². The molecule has 8 bridgehead atoms. The van der Waals surface area contributed by atoms with Gasteiger partial charge in [0.1, 0.15) is 69.0 Å². The van der Waals surface area contributed by atoms with Crippen molar-refractivity contribution in [2.45, 2.75) is 23.7 Å². The summed E-state index contributed by atoms with van der Waals surface area (Å²) in [6, 6.07) is 33.3. The van der Waals surface area contributed by atoms with Crippen LogP contribution in [0.25, 0.3) is 0 Å². The van der Waals surface area contributed by atoms with Gasteiger partial charge in [0.05, 0.1) is 0 Å². The number of fused-ring (bicyclic) bond motifs is 8. The van der Waals surface area contributed by atoms with Gasteiger partial charge >= 0.3 is 23.9 Å². The first kappa shape index (κ1) is 54.0. The average Bonchev–Trinajstić information content (AvgIpc) is 3.61. The Labute approximate surface area is 453 Å². The van der Waals surface area contributed by atoms with Crippen LogP contribution in [0.15, 0.2) is 146 Å². The molecule has 8 aromatic carbocycles. The maximum absolute atomic E-state index is 12.2. The SMILES string of the molecule is O=C(O)COc1cccc(C2c3cc(c(O)cc3O)C(c3cccc(OCC(=O)O)c3)c3cc(c(O)cc3O)C(c3cccc(OCC(=O)O)c3)c3cc(c(O)cc3O)C(c3cccc(OCC(=O)O)c3)c3cc2c(O)cc3O)c1. The number of carboxylic acid groups (broad SMARTS) is 4. The van der Waals surface area contributed by atoms with Crippen molar-refractivity contribution in [3.05, 3.63) is 212 Å². The summed E-state index contributed by atoms with van der Waals surface area (Å²) in [6.45, 7) is -3.09. The summed E-state index contributed by atoms with van der Waals surface area (Å²) in [5.41, 5.74) is 0.322. The first-order valence-electron chi connectivity index (χ1n) is 24.3. The van der Waals surface area contributed by atoms with E-state index in [4.69, 9.17) is 18.9 Å². The molecule has 0 aromatic heterocycles. The highest BCUT2D eigenvalue weighted by atomic mass is 16.5. The highest BCUT2D eigenvalue weighted by Crippen LogP contribution is 2.54. The van der Waals surface area contributed by atoms with Gasteiger partial charge < -0.3 is 80.2 Å². The molecule has 1 aliphatic rings. The number of carboxylic acids is 4. The van der Waals surface area contributed by atoms with Gasteiger partial charge in [-0.15, -0.1) is 0 Å². The molecule has 20 heteroatoms. The monoisotopic (exact) mass is 1090 g/mol. The van der Waals surface area contributed by atoms with E-state index in [0.717, 1.165) is 24.3 Å². The number of aliphatic carboxylic acids is 4. The van der Waals surface area contributed by atoms with Crippen molar-refractivity contribution in [1.82, 2.24) is 0 Å². The molecule has 8 aromatic rings. The number of rotatable bonds is 16. The summed E-state index contributed by atoms with van der Waals surface area (Å²) in [5.74, 6) is -15.3. The van der Waals surface area contributed by atoms with E-state index in [1.165, 1.54) is 97.1 Å². The van der Waals surface area contributed by atoms with Crippen molar-refractivity contribution in [2.24, 2.45) is 0 Å². The van der Waals surface area contributed by atoms with E-state index < -0.39 is 120 Å². The number of aromatic hydroxyl groups is 8. The molecular formula is C60H48O20. The number of hydrogen-bond donors (Lipinski definition) is 12. The van der Waals surface area contributed by atoms with Crippen molar-refractivity contribution in [3.8, 4) is 69.0 Å². The van der Waals surface area contributed by atoms with E-state index >= 15 is 0 Å². The number of phenols is 8. The second kappa shape index (κ2) is 22.4. The second-order valence-electron chi connectivity index (χ2n) is 18.6. The first-order valence-corrected chi connectivity index (χ1v) is 24.3. The molecule has 0 saturated carbocycles. The van der Waals surface area contributed by atoms with Gasteiger partial charge in [-0.3, -0.25) is 0 Å². The Morgan fingerprint density at radius 3 is 0.613 bits per heavy atom. The lowest BCUT2D eigenvalue weighted by Gasteiger charge is -2.30. The quantitative estimate of drug-likeness (QED) is 0.0433. The molecule has 80 heavy (non-hydrogen) atoms. The van der Waals surface area contributed by atoms with E-state index in [0.29, 0.717) is 0 Å². The van der Waals surface area contributed by atoms with Crippen LogP contribution < -0.4 is 18.9 Å². The van der Waals surface area contributed by atoms with E-state index in [9.17, 15) is 80.5 Å². The Morgan fingerprint density at radius 1 is 0.275 bits per heavy atom. The smallest absolute Gasteiger partial charge is 0.341 e. The fourth-order valence-electron chi connectivity index (χ4n) is 10.1. The lowest BCUT2D eigenvalue weighted by atomic mass is 9.75. The van der Waals surface area contributed by atoms with Crippen molar-refractivity contribution in [1.29, 1.82) is 0 Å². The summed E-state index contributed by atoms with van der Waals surface area (Å²) in [6.07, 6.45) is 0. The minimum absolute atomic E-state index is 0.0257. The number of hydrogen-bond acceptors (Lipinski definition) is 16. The summed E-state index contributed by atoms with van der Waals surface area (Å²) in [5, 5.41) is 136. The maximum Gasteiger partial charge on any atom is 0.341 e.